The molecule has 0 fully saturated rings. The summed E-state index contributed by atoms with van der Waals surface area (Å²) in [6, 6.07) is 6.46. The first kappa shape index (κ1) is 12.5. The molecule has 4 heteroatoms. The van der Waals surface area contributed by atoms with Gasteiger partial charge in [0, 0.05) is 10.9 Å². The Balaban J connectivity index is 2.21. The number of benzene rings is 1. The van der Waals surface area contributed by atoms with Gasteiger partial charge in [0.2, 0.25) is 0 Å². The van der Waals surface area contributed by atoms with Crippen LogP contribution < -0.4 is 0 Å². The Bertz CT molecular complexity index is 542. The molecule has 0 saturated carbocycles. The van der Waals surface area contributed by atoms with Gasteiger partial charge in [0.25, 0.3) is 0 Å². The summed E-state index contributed by atoms with van der Waals surface area (Å²) in [6.45, 7) is 1.91. The third kappa shape index (κ3) is 3.01. The molecular formula is C13H10BrFOS. The van der Waals surface area contributed by atoms with Gasteiger partial charge in [0.1, 0.15) is 5.82 Å². The summed E-state index contributed by atoms with van der Waals surface area (Å²) < 4.78 is 13.8. The van der Waals surface area contributed by atoms with Crippen LogP contribution in [0.2, 0.25) is 0 Å². The molecule has 0 bridgehead atoms. The van der Waals surface area contributed by atoms with Crippen molar-refractivity contribution >= 4 is 33.0 Å². The number of thiophene rings is 1. The highest BCUT2D eigenvalue weighted by Gasteiger charge is 2.12. The summed E-state index contributed by atoms with van der Waals surface area (Å²) in [7, 11) is 0. The molecule has 0 N–H and O–H groups in total. The largest absolute Gasteiger partial charge is 0.293 e. The van der Waals surface area contributed by atoms with Crippen LogP contribution in [0.3, 0.4) is 0 Å². The van der Waals surface area contributed by atoms with Gasteiger partial charge in [-0.05, 0) is 47.7 Å². The Morgan fingerprint density at radius 1 is 1.41 bits per heavy atom. The van der Waals surface area contributed by atoms with Crippen LogP contribution in [0.5, 0.6) is 0 Å². The Labute approximate surface area is 111 Å². The maximum atomic E-state index is 13.2. The molecule has 0 saturated heterocycles. The number of rotatable bonds is 3. The molecular weight excluding hydrogens is 303 g/mol. The van der Waals surface area contributed by atoms with Crippen molar-refractivity contribution < 1.29 is 9.18 Å². The summed E-state index contributed by atoms with van der Waals surface area (Å²) >= 11 is 4.65. The minimum atomic E-state index is -0.329. The van der Waals surface area contributed by atoms with Crippen molar-refractivity contribution in [3.63, 3.8) is 0 Å². The zero-order valence-electron chi connectivity index (χ0n) is 9.17. The zero-order chi connectivity index (χ0) is 12.4. The number of halogens is 2. The lowest BCUT2D eigenvalue weighted by molar-refractivity contribution is 0.0996. The van der Waals surface area contributed by atoms with Crippen molar-refractivity contribution in [2.75, 3.05) is 0 Å². The van der Waals surface area contributed by atoms with Gasteiger partial charge >= 0.3 is 0 Å². The zero-order valence-corrected chi connectivity index (χ0v) is 11.6. The average molecular weight is 313 g/mol. The summed E-state index contributed by atoms with van der Waals surface area (Å²) in [5.41, 5.74) is 1.67. The summed E-state index contributed by atoms with van der Waals surface area (Å²) in [4.78, 5) is 12.7. The third-order valence-electron chi connectivity index (χ3n) is 2.40. The van der Waals surface area contributed by atoms with E-state index in [1.54, 1.807) is 6.07 Å². The van der Waals surface area contributed by atoms with Gasteiger partial charge in [0.05, 0.1) is 4.88 Å². The van der Waals surface area contributed by atoms with Crippen molar-refractivity contribution in [2.24, 2.45) is 0 Å². The molecule has 1 aromatic carbocycles. The predicted molar refractivity (Wildman–Crippen MR) is 71.2 cm³/mol. The van der Waals surface area contributed by atoms with E-state index < -0.39 is 0 Å². The van der Waals surface area contributed by atoms with Gasteiger partial charge in [-0.25, -0.2) is 4.39 Å². The van der Waals surface area contributed by atoms with E-state index in [2.05, 4.69) is 15.9 Å². The minimum absolute atomic E-state index is 0.0370. The van der Waals surface area contributed by atoms with E-state index in [0.717, 1.165) is 10.4 Å². The third-order valence-corrected chi connectivity index (χ3v) is 3.92. The number of hydrogen-bond donors (Lipinski definition) is 0. The van der Waals surface area contributed by atoms with E-state index in [9.17, 15) is 9.18 Å². The monoisotopic (exact) mass is 312 g/mol. The second-order valence-electron chi connectivity index (χ2n) is 3.81. The molecule has 0 spiro atoms. The Morgan fingerprint density at radius 3 is 2.76 bits per heavy atom. The number of ketones is 1. The molecule has 1 nitrogen and oxygen atoms in total. The highest BCUT2D eigenvalue weighted by Crippen LogP contribution is 2.20. The Kier molecular flexibility index (Phi) is 3.74. The molecule has 0 radical (unpaired) electrons. The fourth-order valence-electron chi connectivity index (χ4n) is 1.64. The minimum Gasteiger partial charge on any atom is -0.293 e. The van der Waals surface area contributed by atoms with Crippen molar-refractivity contribution in [2.45, 2.75) is 13.3 Å². The van der Waals surface area contributed by atoms with Gasteiger partial charge in [-0.3, -0.25) is 4.79 Å². The average Bonchev–Trinajstić information content (AvgIpc) is 2.62. The maximum Gasteiger partial charge on any atom is 0.177 e. The van der Waals surface area contributed by atoms with Crippen LogP contribution >= 0.6 is 27.3 Å². The van der Waals surface area contributed by atoms with Gasteiger partial charge in [-0.1, -0.05) is 15.9 Å². The quantitative estimate of drug-likeness (QED) is 0.768. The lowest BCUT2D eigenvalue weighted by Crippen LogP contribution is -2.03. The molecule has 0 aliphatic rings. The van der Waals surface area contributed by atoms with E-state index in [4.69, 9.17) is 0 Å². The Morgan fingerprint density at radius 2 is 2.18 bits per heavy atom. The molecule has 0 aliphatic carbocycles. The molecule has 2 aromatic rings. The van der Waals surface area contributed by atoms with E-state index >= 15 is 0 Å². The maximum absolute atomic E-state index is 13.2. The molecule has 1 heterocycles. The SMILES string of the molecule is Cc1ccsc1C(=O)Cc1cc(F)cc(Br)c1. The van der Waals surface area contributed by atoms with E-state index in [-0.39, 0.29) is 18.0 Å². The van der Waals surface area contributed by atoms with Crippen molar-refractivity contribution in [1.29, 1.82) is 0 Å². The topological polar surface area (TPSA) is 17.1 Å². The van der Waals surface area contributed by atoms with Crippen molar-refractivity contribution in [3.05, 3.63) is 55.9 Å². The molecule has 1 aromatic heterocycles. The van der Waals surface area contributed by atoms with E-state index in [0.29, 0.717) is 10.0 Å². The summed E-state index contributed by atoms with van der Waals surface area (Å²) in [5.74, 6) is -0.292. The predicted octanol–water partition coefficient (Wildman–Crippen LogP) is 4.38. The smallest absolute Gasteiger partial charge is 0.177 e. The van der Waals surface area contributed by atoms with E-state index in [1.165, 1.54) is 23.5 Å². The van der Waals surface area contributed by atoms with Crippen LogP contribution in [0.15, 0.2) is 34.1 Å². The van der Waals surface area contributed by atoms with Crippen LogP contribution in [0.25, 0.3) is 0 Å². The number of hydrogen-bond acceptors (Lipinski definition) is 2. The molecule has 0 atom stereocenters. The second-order valence-corrected chi connectivity index (χ2v) is 5.64. The number of carbonyl (C=O) groups excluding carboxylic acids is 1. The molecule has 2 rings (SSSR count). The molecule has 0 amide bonds. The number of Topliss-reactive ketones (excluding diaryl/α,β-unsaturated/α-hetero) is 1. The molecule has 0 aliphatic heterocycles. The van der Waals surface area contributed by atoms with Crippen LogP contribution in [0.4, 0.5) is 4.39 Å². The summed E-state index contributed by atoms with van der Waals surface area (Å²) in [6.07, 6.45) is 0.234. The van der Waals surface area contributed by atoms with Crippen LogP contribution in [0, 0.1) is 12.7 Å². The second kappa shape index (κ2) is 5.10. The first-order valence-electron chi connectivity index (χ1n) is 5.08. The first-order chi connectivity index (χ1) is 8.06. The standard InChI is InChI=1S/C13H10BrFOS/c1-8-2-3-17-13(8)12(16)6-9-4-10(14)7-11(15)5-9/h2-5,7H,6H2,1H3. The van der Waals surface area contributed by atoms with E-state index in [1.807, 2.05) is 18.4 Å². The fourth-order valence-corrected chi connectivity index (χ4v) is 3.02. The fraction of sp³-hybridized carbons (Fsp3) is 0.154. The van der Waals surface area contributed by atoms with Gasteiger partial charge in [-0.15, -0.1) is 11.3 Å². The van der Waals surface area contributed by atoms with Crippen molar-refractivity contribution in [1.82, 2.24) is 0 Å². The molecule has 88 valence electrons. The normalized spacial score (nSPS) is 10.5. The van der Waals surface area contributed by atoms with Gasteiger partial charge in [0.15, 0.2) is 5.78 Å². The molecule has 17 heavy (non-hydrogen) atoms. The highest BCUT2D eigenvalue weighted by atomic mass is 79.9. The number of aryl methyl sites for hydroxylation is 1. The van der Waals surface area contributed by atoms with Crippen LogP contribution in [0.1, 0.15) is 20.8 Å². The summed E-state index contributed by atoms with van der Waals surface area (Å²) in [5, 5.41) is 1.89. The lowest BCUT2D eigenvalue weighted by Gasteiger charge is -2.02. The Hall–Kier alpha value is -1.00. The van der Waals surface area contributed by atoms with Gasteiger partial charge < -0.3 is 0 Å². The number of carbonyl (C=O) groups is 1. The molecule has 0 unspecified atom stereocenters. The van der Waals surface area contributed by atoms with Crippen LogP contribution in [-0.4, -0.2) is 5.78 Å². The lowest BCUT2D eigenvalue weighted by atomic mass is 10.1. The van der Waals surface area contributed by atoms with Crippen molar-refractivity contribution in [3.8, 4) is 0 Å². The van der Waals surface area contributed by atoms with Crippen LogP contribution in [-0.2, 0) is 6.42 Å². The van der Waals surface area contributed by atoms with Gasteiger partial charge in [-0.2, -0.15) is 0 Å². The highest BCUT2D eigenvalue weighted by molar-refractivity contribution is 9.10. The first-order valence-corrected chi connectivity index (χ1v) is 6.76.